The Morgan fingerprint density at radius 1 is 1.12 bits per heavy atom. The SMILES string of the molecule is COc1cnc2c(-c3nc4cc(F)c(O[C@@H](C)[C@@H](C)N(C(=O)O)c5cnc(C)nc5)cc4s3)cc(C#N)cc2c1. The highest BCUT2D eigenvalue weighted by molar-refractivity contribution is 7.21. The first-order chi connectivity index (χ1) is 19.2. The highest BCUT2D eigenvalue weighted by atomic mass is 32.1. The second-order valence-corrected chi connectivity index (χ2v) is 10.1. The fourth-order valence-corrected chi connectivity index (χ4v) is 5.24. The number of aryl methyl sites for hydroxylation is 1. The van der Waals surface area contributed by atoms with Gasteiger partial charge in [0.05, 0.1) is 64.8 Å². The largest absolute Gasteiger partial charge is 0.495 e. The van der Waals surface area contributed by atoms with Crippen LogP contribution in [0.1, 0.15) is 25.2 Å². The lowest BCUT2D eigenvalue weighted by Gasteiger charge is -2.30. The molecule has 40 heavy (non-hydrogen) atoms. The number of pyridine rings is 1. The Balaban J connectivity index is 1.48. The number of carboxylic acid groups (broad SMARTS) is 1. The van der Waals surface area contributed by atoms with Gasteiger partial charge in [-0.2, -0.15) is 5.26 Å². The quantitative estimate of drug-likeness (QED) is 0.256. The molecule has 0 fully saturated rings. The number of methoxy groups -OCH3 is 1. The van der Waals surface area contributed by atoms with Gasteiger partial charge in [0.2, 0.25) is 0 Å². The van der Waals surface area contributed by atoms with Crippen molar-refractivity contribution in [1.29, 1.82) is 5.26 Å². The smallest absolute Gasteiger partial charge is 0.412 e. The van der Waals surface area contributed by atoms with Crippen LogP contribution in [0.2, 0.25) is 0 Å². The molecule has 0 saturated carbocycles. The Bertz CT molecular complexity index is 1790. The number of anilines is 1. The van der Waals surface area contributed by atoms with E-state index in [4.69, 9.17) is 9.47 Å². The molecule has 2 aromatic carbocycles. The molecule has 0 spiro atoms. The highest BCUT2D eigenvalue weighted by Gasteiger charge is 2.29. The van der Waals surface area contributed by atoms with E-state index in [0.717, 1.165) is 4.90 Å². The van der Waals surface area contributed by atoms with Crippen LogP contribution < -0.4 is 14.4 Å². The summed E-state index contributed by atoms with van der Waals surface area (Å²) in [6.45, 7) is 5.02. The van der Waals surface area contributed by atoms with Gasteiger partial charge in [-0.3, -0.25) is 9.88 Å². The van der Waals surface area contributed by atoms with Gasteiger partial charge in [-0.15, -0.1) is 11.3 Å². The van der Waals surface area contributed by atoms with Crippen LogP contribution in [0, 0.1) is 24.1 Å². The summed E-state index contributed by atoms with van der Waals surface area (Å²) in [6.07, 6.45) is 2.48. The summed E-state index contributed by atoms with van der Waals surface area (Å²) >= 11 is 1.30. The van der Waals surface area contributed by atoms with Crippen molar-refractivity contribution in [3.05, 3.63) is 66.1 Å². The van der Waals surface area contributed by atoms with E-state index in [1.54, 1.807) is 51.2 Å². The van der Waals surface area contributed by atoms with E-state index in [-0.39, 0.29) is 11.4 Å². The summed E-state index contributed by atoms with van der Waals surface area (Å²) in [4.78, 5) is 30.4. The first-order valence-corrected chi connectivity index (χ1v) is 13.0. The number of aromatic nitrogens is 4. The van der Waals surface area contributed by atoms with Gasteiger partial charge in [-0.05, 0) is 39.0 Å². The Labute approximate surface area is 232 Å². The number of thiazole rings is 1. The number of halogens is 1. The summed E-state index contributed by atoms with van der Waals surface area (Å²) in [5.41, 5.74) is 2.39. The molecule has 0 bridgehead atoms. The first kappa shape index (κ1) is 26.7. The van der Waals surface area contributed by atoms with Crippen molar-refractivity contribution >= 4 is 44.2 Å². The summed E-state index contributed by atoms with van der Waals surface area (Å²) in [5, 5.41) is 20.7. The van der Waals surface area contributed by atoms with Crippen molar-refractivity contribution in [3.63, 3.8) is 0 Å². The fraction of sp³-hybridized carbons (Fsp3) is 0.214. The van der Waals surface area contributed by atoms with Crippen LogP contribution in [0.5, 0.6) is 11.5 Å². The van der Waals surface area contributed by atoms with Crippen LogP contribution in [0.15, 0.2) is 48.9 Å². The predicted octanol–water partition coefficient (Wildman–Crippen LogP) is 5.97. The molecule has 202 valence electrons. The Hall–Kier alpha value is -4.89. The third-order valence-electron chi connectivity index (χ3n) is 6.45. The van der Waals surface area contributed by atoms with E-state index in [9.17, 15) is 15.2 Å². The lowest BCUT2D eigenvalue weighted by Crippen LogP contribution is -2.46. The zero-order valence-corrected chi connectivity index (χ0v) is 22.7. The average molecular weight is 559 g/mol. The standard InChI is InChI=1S/C28H23FN6O4S/c1-14(35(28(36)37)19-11-31-16(3)32-12-19)15(2)39-24-9-25-23(8-22(24)29)34-27(40-25)21-6-17(10-30)5-18-7-20(38-4)13-33-26(18)21/h5-9,11-15H,1-4H3,(H,36,37)/t14-,15+/m1/s1. The zero-order valence-electron chi connectivity index (χ0n) is 21.9. The van der Waals surface area contributed by atoms with Crippen LogP contribution in [0.25, 0.3) is 31.7 Å². The predicted molar refractivity (Wildman–Crippen MR) is 148 cm³/mol. The second kappa shape index (κ2) is 10.7. The van der Waals surface area contributed by atoms with Crippen molar-refractivity contribution < 1.29 is 23.8 Å². The molecule has 1 amide bonds. The first-order valence-electron chi connectivity index (χ1n) is 12.1. The van der Waals surface area contributed by atoms with Gasteiger partial charge in [0.25, 0.3) is 0 Å². The molecular formula is C28H23FN6O4S. The van der Waals surface area contributed by atoms with Crippen LogP contribution in [0.3, 0.4) is 0 Å². The molecule has 5 aromatic rings. The van der Waals surface area contributed by atoms with E-state index in [1.165, 1.54) is 36.9 Å². The number of nitriles is 1. The van der Waals surface area contributed by atoms with E-state index < -0.39 is 24.1 Å². The van der Waals surface area contributed by atoms with E-state index in [0.29, 0.717) is 48.8 Å². The minimum atomic E-state index is -1.21. The minimum absolute atomic E-state index is 0.0361. The van der Waals surface area contributed by atoms with Crippen LogP contribution in [-0.2, 0) is 0 Å². The molecule has 0 aliphatic rings. The number of carbonyl (C=O) groups is 1. The number of amides is 1. The molecule has 3 heterocycles. The normalized spacial score (nSPS) is 12.6. The molecule has 0 aliphatic heterocycles. The van der Waals surface area contributed by atoms with Crippen LogP contribution >= 0.6 is 11.3 Å². The van der Waals surface area contributed by atoms with Crippen molar-refractivity contribution in [3.8, 4) is 28.1 Å². The van der Waals surface area contributed by atoms with Crippen molar-refractivity contribution in [1.82, 2.24) is 19.9 Å². The molecule has 0 radical (unpaired) electrons. The van der Waals surface area contributed by atoms with E-state index in [2.05, 4.69) is 26.0 Å². The number of ether oxygens (including phenoxy) is 2. The molecule has 10 nitrogen and oxygen atoms in total. The Kier molecular flexibility index (Phi) is 7.15. The molecule has 1 N–H and O–H groups in total. The van der Waals surface area contributed by atoms with E-state index >= 15 is 4.39 Å². The third-order valence-corrected chi connectivity index (χ3v) is 7.50. The summed E-state index contributed by atoms with van der Waals surface area (Å²) in [7, 11) is 1.54. The van der Waals surface area contributed by atoms with Crippen molar-refractivity contribution in [2.24, 2.45) is 0 Å². The van der Waals surface area contributed by atoms with Gasteiger partial charge >= 0.3 is 6.09 Å². The summed E-state index contributed by atoms with van der Waals surface area (Å²) in [6, 6.07) is 9.49. The molecule has 0 aliphatic carbocycles. The molecule has 0 unspecified atom stereocenters. The van der Waals surface area contributed by atoms with Crippen molar-refractivity contribution in [2.45, 2.75) is 32.9 Å². The minimum Gasteiger partial charge on any atom is -0.495 e. The third kappa shape index (κ3) is 5.06. The second-order valence-electron chi connectivity index (χ2n) is 9.06. The van der Waals surface area contributed by atoms with Gasteiger partial charge in [0.15, 0.2) is 11.6 Å². The van der Waals surface area contributed by atoms with Gasteiger partial charge in [0, 0.05) is 23.1 Å². The summed E-state index contributed by atoms with van der Waals surface area (Å²) < 4.78 is 27.0. The van der Waals surface area contributed by atoms with Crippen LogP contribution in [0.4, 0.5) is 14.9 Å². The lowest BCUT2D eigenvalue weighted by atomic mass is 10.1. The fourth-order valence-electron chi connectivity index (χ4n) is 4.24. The maximum Gasteiger partial charge on any atom is 0.412 e. The number of fused-ring (bicyclic) bond motifs is 2. The van der Waals surface area contributed by atoms with Gasteiger partial charge in [-0.1, -0.05) is 0 Å². The monoisotopic (exact) mass is 558 g/mol. The molecule has 2 atom stereocenters. The number of rotatable bonds is 7. The number of nitrogens with zero attached hydrogens (tertiary/aromatic N) is 6. The number of hydrogen-bond donors (Lipinski definition) is 1. The molecular weight excluding hydrogens is 535 g/mol. The Morgan fingerprint density at radius 2 is 1.88 bits per heavy atom. The van der Waals surface area contributed by atoms with Gasteiger partial charge in [-0.25, -0.2) is 24.1 Å². The van der Waals surface area contributed by atoms with Crippen molar-refractivity contribution in [2.75, 3.05) is 12.0 Å². The number of hydrogen-bond acceptors (Lipinski definition) is 9. The highest BCUT2D eigenvalue weighted by Crippen LogP contribution is 2.38. The topological polar surface area (TPSA) is 134 Å². The molecule has 3 aromatic heterocycles. The van der Waals surface area contributed by atoms with Gasteiger partial charge in [0.1, 0.15) is 22.7 Å². The molecule has 5 rings (SSSR count). The maximum atomic E-state index is 15.2. The summed E-state index contributed by atoms with van der Waals surface area (Å²) in [5.74, 6) is 0.392. The van der Waals surface area contributed by atoms with E-state index in [1.807, 2.05) is 0 Å². The lowest BCUT2D eigenvalue weighted by molar-refractivity contribution is 0.167. The zero-order chi connectivity index (χ0) is 28.6. The average Bonchev–Trinajstić information content (AvgIpc) is 3.35. The number of benzene rings is 2. The van der Waals surface area contributed by atoms with Crippen LogP contribution in [-0.4, -0.2) is 50.4 Å². The van der Waals surface area contributed by atoms with Gasteiger partial charge < -0.3 is 14.6 Å². The maximum absolute atomic E-state index is 15.2. The Morgan fingerprint density at radius 3 is 2.55 bits per heavy atom. The molecule has 12 heteroatoms. The molecule has 0 saturated heterocycles.